The minimum Gasteiger partial charge on any atom is -0.467 e. The number of hydrogen-bond acceptors (Lipinski definition) is 3. The van der Waals surface area contributed by atoms with Crippen LogP contribution in [0.1, 0.15) is 17.5 Å². The van der Waals surface area contributed by atoms with Crippen LogP contribution in [0.4, 0.5) is 4.39 Å². The Morgan fingerprint density at radius 3 is 2.36 bits per heavy atom. The number of benzene rings is 3. The van der Waals surface area contributed by atoms with Crippen molar-refractivity contribution in [2.24, 2.45) is 0 Å². The first-order valence-corrected chi connectivity index (χ1v) is 10.8. The van der Waals surface area contributed by atoms with E-state index in [1.165, 1.54) is 13.2 Å². The molecule has 0 fully saturated rings. The van der Waals surface area contributed by atoms with Crippen molar-refractivity contribution in [1.82, 2.24) is 10.3 Å². The van der Waals surface area contributed by atoms with E-state index in [0.29, 0.717) is 23.7 Å². The molecule has 0 saturated carbocycles. The Labute approximate surface area is 191 Å². The van der Waals surface area contributed by atoms with Crippen LogP contribution in [0, 0.1) is 5.82 Å². The van der Waals surface area contributed by atoms with E-state index >= 15 is 0 Å². The number of esters is 1. The molecule has 4 rings (SSSR count). The lowest BCUT2D eigenvalue weighted by Gasteiger charge is -2.17. The molecule has 0 radical (unpaired) electrons. The Hall–Kier alpha value is -3.93. The molecular weight excluding hydrogens is 419 g/mol. The molecule has 0 aliphatic carbocycles. The predicted molar refractivity (Wildman–Crippen MR) is 126 cm³/mol. The minimum absolute atomic E-state index is 0.101. The molecule has 0 bridgehead atoms. The van der Waals surface area contributed by atoms with Gasteiger partial charge < -0.3 is 15.0 Å². The molecule has 1 amide bonds. The molecule has 33 heavy (non-hydrogen) atoms. The molecule has 0 spiro atoms. The number of methoxy groups -OCH3 is 1. The Morgan fingerprint density at radius 2 is 1.67 bits per heavy atom. The molecule has 3 aromatic carbocycles. The van der Waals surface area contributed by atoms with E-state index in [9.17, 15) is 14.0 Å². The fraction of sp³-hybridized carbons (Fsp3) is 0.185. The highest BCUT2D eigenvalue weighted by atomic mass is 19.1. The molecule has 1 unspecified atom stereocenters. The fourth-order valence-corrected chi connectivity index (χ4v) is 4.06. The van der Waals surface area contributed by atoms with Gasteiger partial charge in [-0.2, -0.15) is 0 Å². The molecule has 5 nitrogen and oxygen atoms in total. The van der Waals surface area contributed by atoms with E-state index in [1.54, 1.807) is 6.07 Å². The third-order valence-electron chi connectivity index (χ3n) is 5.64. The molecule has 0 aliphatic heterocycles. The fourth-order valence-electron chi connectivity index (χ4n) is 4.06. The van der Waals surface area contributed by atoms with E-state index in [-0.39, 0.29) is 18.1 Å². The number of ether oxygens (including phenoxy) is 1. The highest BCUT2D eigenvalue weighted by Gasteiger charge is 2.23. The number of aryl methyl sites for hydroxylation is 1. The Morgan fingerprint density at radius 1 is 0.970 bits per heavy atom. The van der Waals surface area contributed by atoms with Gasteiger partial charge in [0.15, 0.2) is 0 Å². The number of H-pyrrole nitrogens is 1. The van der Waals surface area contributed by atoms with E-state index in [0.717, 1.165) is 22.4 Å². The van der Waals surface area contributed by atoms with Crippen LogP contribution in [0.5, 0.6) is 0 Å². The van der Waals surface area contributed by atoms with Crippen molar-refractivity contribution in [2.75, 3.05) is 7.11 Å². The Bertz CT molecular complexity index is 1250. The second-order valence-corrected chi connectivity index (χ2v) is 7.84. The van der Waals surface area contributed by atoms with Gasteiger partial charge >= 0.3 is 5.97 Å². The smallest absolute Gasteiger partial charge is 0.328 e. The lowest BCUT2D eigenvalue weighted by molar-refractivity contribution is -0.145. The van der Waals surface area contributed by atoms with Gasteiger partial charge in [0.1, 0.15) is 11.9 Å². The van der Waals surface area contributed by atoms with Gasteiger partial charge in [0.25, 0.3) is 0 Å². The molecular formula is C27H25FN2O3. The summed E-state index contributed by atoms with van der Waals surface area (Å²) in [6.45, 7) is 0. The van der Waals surface area contributed by atoms with Crippen LogP contribution >= 0.6 is 0 Å². The lowest BCUT2D eigenvalue weighted by Crippen LogP contribution is -2.43. The summed E-state index contributed by atoms with van der Waals surface area (Å²) < 4.78 is 19.6. The van der Waals surface area contributed by atoms with Gasteiger partial charge in [0, 0.05) is 29.4 Å². The van der Waals surface area contributed by atoms with Gasteiger partial charge in [-0.15, -0.1) is 0 Å². The van der Waals surface area contributed by atoms with E-state index < -0.39 is 12.0 Å². The summed E-state index contributed by atoms with van der Waals surface area (Å²) in [7, 11) is 1.30. The zero-order valence-corrected chi connectivity index (χ0v) is 18.3. The maximum absolute atomic E-state index is 14.7. The number of carbonyl (C=O) groups excluding carboxylic acids is 2. The average molecular weight is 445 g/mol. The first kappa shape index (κ1) is 22.3. The normalized spacial score (nSPS) is 11.8. The minimum atomic E-state index is -0.793. The van der Waals surface area contributed by atoms with Crippen LogP contribution in [0.3, 0.4) is 0 Å². The molecule has 1 atom stereocenters. The largest absolute Gasteiger partial charge is 0.467 e. The van der Waals surface area contributed by atoms with Gasteiger partial charge in [-0.3, -0.25) is 4.79 Å². The molecule has 0 saturated heterocycles. The number of nitrogens with one attached hydrogen (secondary N) is 2. The van der Waals surface area contributed by atoms with Gasteiger partial charge in [0.05, 0.1) is 7.11 Å². The summed E-state index contributed by atoms with van der Waals surface area (Å²) in [5.41, 5.74) is 4.04. The van der Waals surface area contributed by atoms with Gasteiger partial charge in [-0.05, 0) is 35.2 Å². The van der Waals surface area contributed by atoms with Crippen LogP contribution in [0.15, 0.2) is 78.9 Å². The monoisotopic (exact) mass is 444 g/mol. The summed E-state index contributed by atoms with van der Waals surface area (Å²) in [6, 6.07) is 23.2. The summed E-state index contributed by atoms with van der Waals surface area (Å²) in [6.07, 6.45) is 0.746. The molecule has 1 heterocycles. The van der Waals surface area contributed by atoms with Gasteiger partial charge in [-0.1, -0.05) is 66.7 Å². The zero-order chi connectivity index (χ0) is 23.2. The summed E-state index contributed by atoms with van der Waals surface area (Å²) in [5, 5.41) is 3.27. The van der Waals surface area contributed by atoms with Gasteiger partial charge in [0.2, 0.25) is 5.91 Å². The van der Waals surface area contributed by atoms with Crippen LogP contribution in [-0.4, -0.2) is 30.0 Å². The first-order valence-electron chi connectivity index (χ1n) is 10.8. The topological polar surface area (TPSA) is 71.2 Å². The summed E-state index contributed by atoms with van der Waals surface area (Å²) in [4.78, 5) is 28.4. The third kappa shape index (κ3) is 5.12. The number of aromatic amines is 1. The zero-order valence-electron chi connectivity index (χ0n) is 18.3. The van der Waals surface area contributed by atoms with E-state index in [2.05, 4.69) is 10.3 Å². The second kappa shape index (κ2) is 10.1. The lowest BCUT2D eigenvalue weighted by atomic mass is 10.0. The number of hydrogen-bond donors (Lipinski definition) is 2. The number of carbonyl (C=O) groups is 2. The van der Waals surface area contributed by atoms with Crippen molar-refractivity contribution in [2.45, 2.75) is 25.3 Å². The molecule has 4 aromatic rings. The Balaban J connectivity index is 1.55. The van der Waals surface area contributed by atoms with Crippen LogP contribution in [0.2, 0.25) is 0 Å². The van der Waals surface area contributed by atoms with Crippen molar-refractivity contribution < 1.29 is 18.7 Å². The summed E-state index contributed by atoms with van der Waals surface area (Å²) in [5.74, 6) is -1.14. The number of rotatable bonds is 8. The van der Waals surface area contributed by atoms with Crippen LogP contribution < -0.4 is 5.32 Å². The Kier molecular flexibility index (Phi) is 6.83. The number of halogens is 1. The van der Waals surface area contributed by atoms with Gasteiger partial charge in [-0.25, -0.2) is 9.18 Å². The van der Waals surface area contributed by atoms with Crippen LogP contribution in [0.25, 0.3) is 22.2 Å². The predicted octanol–water partition coefficient (Wildman–Crippen LogP) is 4.81. The van der Waals surface area contributed by atoms with E-state index in [1.807, 2.05) is 66.7 Å². The van der Waals surface area contributed by atoms with Crippen molar-refractivity contribution in [1.29, 1.82) is 0 Å². The van der Waals surface area contributed by atoms with Crippen molar-refractivity contribution in [3.05, 3.63) is 95.8 Å². The van der Waals surface area contributed by atoms with Crippen molar-refractivity contribution >= 4 is 22.8 Å². The molecule has 168 valence electrons. The van der Waals surface area contributed by atoms with Crippen LogP contribution in [-0.2, 0) is 27.2 Å². The maximum Gasteiger partial charge on any atom is 0.328 e. The number of aromatic nitrogens is 1. The molecule has 6 heteroatoms. The SMILES string of the molecule is COC(=O)C(Cc1ccccc1)NC(=O)CCc1c(-c2ccccc2)[nH]c2cccc(F)c12. The maximum atomic E-state index is 14.7. The molecule has 1 aromatic heterocycles. The highest BCUT2D eigenvalue weighted by Crippen LogP contribution is 2.32. The molecule has 2 N–H and O–H groups in total. The van der Waals surface area contributed by atoms with Crippen molar-refractivity contribution in [3.8, 4) is 11.3 Å². The average Bonchev–Trinajstić information content (AvgIpc) is 3.23. The molecule has 0 aliphatic rings. The van der Waals surface area contributed by atoms with E-state index in [4.69, 9.17) is 4.74 Å². The quantitative estimate of drug-likeness (QED) is 0.383. The number of fused-ring (bicyclic) bond motifs is 1. The highest BCUT2D eigenvalue weighted by molar-refractivity contribution is 5.92. The third-order valence-corrected chi connectivity index (χ3v) is 5.64. The second-order valence-electron chi connectivity index (χ2n) is 7.84. The van der Waals surface area contributed by atoms with Crippen molar-refractivity contribution in [3.63, 3.8) is 0 Å². The standard InChI is InChI=1S/C27H25FN2O3/c1-33-27(32)23(17-18-9-4-2-5-10-18)29-24(31)16-15-20-25-21(28)13-8-14-22(25)30-26(20)19-11-6-3-7-12-19/h2-14,23,30H,15-17H2,1H3,(H,29,31). The summed E-state index contributed by atoms with van der Waals surface area (Å²) >= 11 is 0. The first-order chi connectivity index (χ1) is 16.1. The number of amides is 1.